The zero-order chi connectivity index (χ0) is 18.4. The molecule has 0 saturated heterocycles. The van der Waals surface area contributed by atoms with E-state index in [1.165, 1.54) is 7.11 Å². The van der Waals surface area contributed by atoms with Crippen molar-refractivity contribution >= 4 is 39.3 Å². The van der Waals surface area contributed by atoms with Crippen molar-refractivity contribution in [2.45, 2.75) is 19.8 Å². The van der Waals surface area contributed by atoms with Crippen LogP contribution in [0.3, 0.4) is 0 Å². The highest BCUT2D eigenvalue weighted by Crippen LogP contribution is 2.18. The number of carbonyl (C=O) groups is 3. The maximum Gasteiger partial charge on any atom is 0.337 e. The monoisotopic (exact) mass is 403 g/mol. The number of esters is 1. The van der Waals surface area contributed by atoms with Crippen LogP contribution < -0.4 is 5.32 Å². The summed E-state index contributed by atoms with van der Waals surface area (Å²) in [5, 5.41) is 2.74. The molecule has 0 aliphatic heterocycles. The fourth-order valence-corrected chi connectivity index (χ4v) is 2.49. The molecule has 2 rings (SSSR count). The minimum Gasteiger partial charge on any atom is -0.465 e. The molecule has 2 aromatic carbocycles. The van der Waals surface area contributed by atoms with E-state index in [2.05, 4.69) is 26.0 Å². The van der Waals surface area contributed by atoms with Gasteiger partial charge in [-0.05, 0) is 36.8 Å². The third-order valence-electron chi connectivity index (χ3n) is 3.68. The Morgan fingerprint density at radius 2 is 1.64 bits per heavy atom. The van der Waals surface area contributed by atoms with Crippen LogP contribution in [0.1, 0.15) is 39.1 Å². The lowest BCUT2D eigenvalue weighted by Crippen LogP contribution is -2.15. The average molecular weight is 404 g/mol. The van der Waals surface area contributed by atoms with Crippen molar-refractivity contribution in [3.05, 3.63) is 63.6 Å². The third kappa shape index (κ3) is 5.26. The molecule has 0 heterocycles. The molecule has 2 aromatic rings. The minimum absolute atomic E-state index is 0.0663. The number of benzene rings is 2. The van der Waals surface area contributed by atoms with E-state index in [4.69, 9.17) is 0 Å². The average Bonchev–Trinajstić information content (AvgIpc) is 2.61. The first-order valence-corrected chi connectivity index (χ1v) is 8.47. The number of aryl methyl sites for hydroxylation is 1. The van der Waals surface area contributed by atoms with Gasteiger partial charge in [0.25, 0.3) is 0 Å². The Morgan fingerprint density at radius 3 is 2.28 bits per heavy atom. The van der Waals surface area contributed by atoms with Crippen molar-refractivity contribution in [1.29, 1.82) is 0 Å². The number of Topliss-reactive ketones (excluding diaryl/α,β-unsaturated/α-hetero) is 1. The van der Waals surface area contributed by atoms with Gasteiger partial charge >= 0.3 is 5.97 Å². The van der Waals surface area contributed by atoms with Gasteiger partial charge in [-0.1, -0.05) is 34.1 Å². The molecule has 0 unspecified atom stereocenters. The second-order valence-electron chi connectivity index (χ2n) is 5.50. The first-order chi connectivity index (χ1) is 11.9. The van der Waals surface area contributed by atoms with Gasteiger partial charge in [0.05, 0.1) is 12.7 Å². The highest BCUT2D eigenvalue weighted by atomic mass is 79.9. The maximum absolute atomic E-state index is 12.1. The second-order valence-corrected chi connectivity index (χ2v) is 6.42. The molecule has 0 saturated carbocycles. The number of ketones is 1. The smallest absolute Gasteiger partial charge is 0.337 e. The molecule has 0 aliphatic rings. The van der Waals surface area contributed by atoms with E-state index in [0.717, 1.165) is 10.0 Å². The van der Waals surface area contributed by atoms with Gasteiger partial charge in [-0.15, -0.1) is 0 Å². The molecular formula is C19H18BrNO4. The summed E-state index contributed by atoms with van der Waals surface area (Å²) in [6.07, 6.45) is 0.181. The van der Waals surface area contributed by atoms with Crippen molar-refractivity contribution < 1.29 is 19.1 Å². The van der Waals surface area contributed by atoms with Gasteiger partial charge in [0.1, 0.15) is 0 Å². The quantitative estimate of drug-likeness (QED) is 0.580. The molecule has 130 valence electrons. The summed E-state index contributed by atoms with van der Waals surface area (Å²) >= 11 is 3.31. The number of nitrogens with one attached hydrogen (secondary N) is 1. The van der Waals surface area contributed by atoms with Crippen molar-refractivity contribution in [3.8, 4) is 0 Å². The summed E-state index contributed by atoms with van der Waals surface area (Å²) in [5.74, 6) is -0.848. The molecule has 0 atom stereocenters. The number of methoxy groups -OCH3 is 1. The molecule has 25 heavy (non-hydrogen) atoms. The van der Waals surface area contributed by atoms with Gasteiger partial charge in [0, 0.05) is 28.6 Å². The third-order valence-corrected chi connectivity index (χ3v) is 4.21. The van der Waals surface area contributed by atoms with E-state index in [9.17, 15) is 14.4 Å². The largest absolute Gasteiger partial charge is 0.465 e. The lowest BCUT2D eigenvalue weighted by Gasteiger charge is -2.10. The van der Waals surface area contributed by atoms with Crippen LogP contribution in [0.2, 0.25) is 0 Å². The summed E-state index contributed by atoms with van der Waals surface area (Å²) in [7, 11) is 1.30. The van der Waals surface area contributed by atoms with Gasteiger partial charge < -0.3 is 10.1 Å². The van der Waals surface area contributed by atoms with Crippen LogP contribution in [0.5, 0.6) is 0 Å². The minimum atomic E-state index is -0.471. The maximum atomic E-state index is 12.1. The standard InChI is InChI=1S/C19H18BrNO4/c1-12-3-4-14(19(24)25-2)11-16(12)21-18(23)10-9-17(22)13-5-7-15(20)8-6-13/h3-8,11H,9-10H2,1-2H3,(H,21,23). The number of carbonyl (C=O) groups excluding carboxylic acids is 3. The summed E-state index contributed by atoms with van der Waals surface area (Å²) < 4.78 is 5.56. The number of hydrogen-bond donors (Lipinski definition) is 1. The van der Waals surface area contributed by atoms with Crippen molar-refractivity contribution in [1.82, 2.24) is 0 Å². The Bertz CT molecular complexity index is 800. The van der Waals surface area contributed by atoms with Crippen LogP contribution in [-0.4, -0.2) is 24.8 Å². The van der Waals surface area contributed by atoms with Crippen LogP contribution in [0.4, 0.5) is 5.69 Å². The highest BCUT2D eigenvalue weighted by Gasteiger charge is 2.12. The molecule has 6 heteroatoms. The molecule has 1 amide bonds. The normalized spacial score (nSPS) is 10.2. The zero-order valence-electron chi connectivity index (χ0n) is 14.0. The summed E-state index contributed by atoms with van der Waals surface area (Å²) in [4.78, 5) is 35.8. The molecule has 0 fully saturated rings. The molecular weight excluding hydrogens is 386 g/mol. The Labute approximate surface area is 154 Å². The van der Waals surface area contributed by atoms with Gasteiger partial charge in [-0.25, -0.2) is 4.79 Å². The van der Waals surface area contributed by atoms with Crippen LogP contribution >= 0.6 is 15.9 Å². The summed E-state index contributed by atoms with van der Waals surface area (Å²) in [6.45, 7) is 1.82. The van der Waals surface area contributed by atoms with Crippen molar-refractivity contribution in [3.63, 3.8) is 0 Å². The predicted molar refractivity (Wildman–Crippen MR) is 98.9 cm³/mol. The molecule has 0 aliphatic carbocycles. The predicted octanol–water partition coefficient (Wildman–Crippen LogP) is 4.15. The van der Waals surface area contributed by atoms with E-state index in [0.29, 0.717) is 16.8 Å². The highest BCUT2D eigenvalue weighted by molar-refractivity contribution is 9.10. The summed E-state index contributed by atoms with van der Waals surface area (Å²) in [5.41, 5.74) is 2.28. The number of hydrogen-bond acceptors (Lipinski definition) is 4. The molecule has 1 N–H and O–H groups in total. The summed E-state index contributed by atoms with van der Waals surface area (Å²) in [6, 6.07) is 11.9. The Morgan fingerprint density at radius 1 is 1.00 bits per heavy atom. The Kier molecular flexibility index (Phi) is 6.47. The van der Waals surface area contributed by atoms with Gasteiger partial charge in [0.2, 0.25) is 5.91 Å². The Balaban J connectivity index is 1.97. The van der Waals surface area contributed by atoms with E-state index >= 15 is 0 Å². The number of rotatable bonds is 6. The number of anilines is 1. The van der Waals surface area contributed by atoms with E-state index in [1.54, 1.807) is 42.5 Å². The SMILES string of the molecule is COC(=O)c1ccc(C)c(NC(=O)CCC(=O)c2ccc(Br)cc2)c1. The fraction of sp³-hybridized carbons (Fsp3) is 0.211. The second kappa shape index (κ2) is 8.58. The van der Waals surface area contributed by atoms with Crippen LogP contribution in [0, 0.1) is 6.92 Å². The molecule has 0 spiro atoms. The number of halogens is 1. The van der Waals surface area contributed by atoms with Crippen LogP contribution in [0.25, 0.3) is 0 Å². The lowest BCUT2D eigenvalue weighted by atomic mass is 10.1. The molecule has 0 aromatic heterocycles. The molecule has 0 bridgehead atoms. The first-order valence-electron chi connectivity index (χ1n) is 7.68. The van der Waals surface area contributed by atoms with Gasteiger partial charge in [-0.2, -0.15) is 0 Å². The van der Waals surface area contributed by atoms with Crippen molar-refractivity contribution in [2.75, 3.05) is 12.4 Å². The fourth-order valence-electron chi connectivity index (χ4n) is 2.22. The zero-order valence-corrected chi connectivity index (χ0v) is 15.6. The topological polar surface area (TPSA) is 72.5 Å². The van der Waals surface area contributed by atoms with Crippen molar-refractivity contribution in [2.24, 2.45) is 0 Å². The molecule has 5 nitrogen and oxygen atoms in total. The number of amides is 1. The molecule has 0 radical (unpaired) electrons. The van der Waals surface area contributed by atoms with Gasteiger partial charge in [0.15, 0.2) is 5.78 Å². The Hall–Kier alpha value is -2.47. The lowest BCUT2D eigenvalue weighted by molar-refractivity contribution is -0.116. The van der Waals surface area contributed by atoms with E-state index in [-0.39, 0.29) is 24.5 Å². The van der Waals surface area contributed by atoms with Crippen LogP contribution in [-0.2, 0) is 9.53 Å². The van der Waals surface area contributed by atoms with E-state index in [1.807, 2.05) is 6.92 Å². The van der Waals surface area contributed by atoms with Gasteiger partial charge in [-0.3, -0.25) is 9.59 Å². The first kappa shape index (κ1) is 18.9. The van der Waals surface area contributed by atoms with Crippen LogP contribution in [0.15, 0.2) is 46.9 Å². The number of ether oxygens (including phenoxy) is 1. The van der Waals surface area contributed by atoms with E-state index < -0.39 is 5.97 Å².